The Morgan fingerprint density at radius 1 is 1.39 bits per heavy atom. The first-order valence-electron chi connectivity index (χ1n) is 8.08. The van der Waals surface area contributed by atoms with Crippen molar-refractivity contribution in [2.24, 2.45) is 0 Å². The van der Waals surface area contributed by atoms with Crippen LogP contribution >= 0.6 is 0 Å². The van der Waals surface area contributed by atoms with Gasteiger partial charge in [0.15, 0.2) is 5.79 Å². The summed E-state index contributed by atoms with van der Waals surface area (Å²) < 4.78 is 16.5. The van der Waals surface area contributed by atoms with Gasteiger partial charge in [-0.3, -0.25) is 4.79 Å². The maximum absolute atomic E-state index is 11.9. The zero-order valence-electron chi connectivity index (χ0n) is 13.9. The van der Waals surface area contributed by atoms with E-state index < -0.39 is 11.9 Å². The predicted octanol–water partition coefficient (Wildman–Crippen LogP) is 2.46. The summed E-state index contributed by atoms with van der Waals surface area (Å²) in [5, 5.41) is 9.92. The molecular formula is C18H26O5. The molecule has 1 heterocycles. The van der Waals surface area contributed by atoms with E-state index in [4.69, 9.17) is 14.2 Å². The Balaban J connectivity index is 1.57. The lowest BCUT2D eigenvalue weighted by atomic mass is 10.1. The zero-order valence-corrected chi connectivity index (χ0v) is 13.9. The molecular weight excluding hydrogens is 296 g/mol. The summed E-state index contributed by atoms with van der Waals surface area (Å²) in [5.74, 6) is -0.624. The number of hydrogen-bond donors (Lipinski definition) is 1. The van der Waals surface area contributed by atoms with Gasteiger partial charge in [0.1, 0.15) is 5.78 Å². The van der Waals surface area contributed by atoms with E-state index in [0.29, 0.717) is 26.2 Å². The molecule has 1 aromatic carbocycles. The van der Waals surface area contributed by atoms with E-state index in [2.05, 4.69) is 0 Å². The van der Waals surface area contributed by atoms with Crippen molar-refractivity contribution >= 4 is 5.78 Å². The van der Waals surface area contributed by atoms with Crippen LogP contribution in [-0.4, -0.2) is 42.1 Å². The minimum Gasteiger partial charge on any atom is -0.393 e. The first-order valence-corrected chi connectivity index (χ1v) is 8.08. The van der Waals surface area contributed by atoms with Crippen LogP contribution < -0.4 is 0 Å². The van der Waals surface area contributed by atoms with Gasteiger partial charge in [-0.25, -0.2) is 0 Å². The summed E-state index contributed by atoms with van der Waals surface area (Å²) in [6.07, 6.45) is -0.0143. The van der Waals surface area contributed by atoms with Gasteiger partial charge in [-0.1, -0.05) is 30.3 Å². The highest BCUT2D eigenvalue weighted by molar-refractivity contribution is 5.79. The van der Waals surface area contributed by atoms with Crippen molar-refractivity contribution in [1.29, 1.82) is 0 Å². The van der Waals surface area contributed by atoms with E-state index in [1.807, 2.05) is 44.2 Å². The first kappa shape index (κ1) is 18.1. The smallest absolute Gasteiger partial charge is 0.163 e. The van der Waals surface area contributed by atoms with Crippen LogP contribution in [0.5, 0.6) is 0 Å². The van der Waals surface area contributed by atoms with Gasteiger partial charge in [-0.15, -0.1) is 0 Å². The van der Waals surface area contributed by atoms with Crippen LogP contribution in [0.2, 0.25) is 0 Å². The molecule has 0 saturated carbocycles. The summed E-state index contributed by atoms with van der Waals surface area (Å²) >= 11 is 0. The maximum atomic E-state index is 11.9. The maximum Gasteiger partial charge on any atom is 0.163 e. The summed E-state index contributed by atoms with van der Waals surface area (Å²) in [5.41, 5.74) is 1.10. The molecule has 0 spiro atoms. The lowest BCUT2D eigenvalue weighted by molar-refractivity contribution is -0.142. The minimum absolute atomic E-state index is 0.00754. The fourth-order valence-electron chi connectivity index (χ4n) is 2.55. The number of carbonyl (C=O) groups is 1. The number of carbonyl (C=O) groups excluding carboxylic acids is 1. The molecule has 128 valence electrons. The standard InChI is InChI=1S/C18H26O5/c1-18(2)22-13-17(23-18)11-16(20)10-15(19)8-9-21-12-14-6-4-3-5-7-14/h3-7,15,17,19H,8-13H2,1-2H3/t15-,17-/m0/s1. The van der Waals surface area contributed by atoms with E-state index in [-0.39, 0.29) is 24.7 Å². The van der Waals surface area contributed by atoms with E-state index in [1.54, 1.807) is 0 Å². The lowest BCUT2D eigenvalue weighted by Crippen LogP contribution is -2.24. The van der Waals surface area contributed by atoms with Crippen LogP contribution in [0.4, 0.5) is 0 Å². The van der Waals surface area contributed by atoms with Crippen LogP contribution in [0.15, 0.2) is 30.3 Å². The van der Waals surface area contributed by atoms with Crippen LogP contribution in [0.3, 0.4) is 0 Å². The third-order valence-corrected chi connectivity index (χ3v) is 3.69. The fourth-order valence-corrected chi connectivity index (χ4v) is 2.55. The molecule has 5 heteroatoms. The minimum atomic E-state index is -0.673. The average Bonchev–Trinajstić information content (AvgIpc) is 2.83. The zero-order chi connectivity index (χ0) is 16.7. The molecule has 0 bridgehead atoms. The third-order valence-electron chi connectivity index (χ3n) is 3.69. The molecule has 2 atom stereocenters. The molecule has 1 saturated heterocycles. The van der Waals surface area contributed by atoms with Gasteiger partial charge < -0.3 is 19.3 Å². The second-order valence-corrected chi connectivity index (χ2v) is 6.38. The van der Waals surface area contributed by atoms with Crippen molar-refractivity contribution in [3.05, 3.63) is 35.9 Å². The molecule has 0 aromatic heterocycles. The Kier molecular flexibility index (Phi) is 6.72. The van der Waals surface area contributed by atoms with Gasteiger partial charge in [0.25, 0.3) is 0 Å². The number of ether oxygens (including phenoxy) is 3. The lowest BCUT2D eigenvalue weighted by Gasteiger charge is -2.17. The Labute approximate surface area is 137 Å². The molecule has 0 amide bonds. The van der Waals surface area contributed by atoms with Gasteiger partial charge in [-0.05, 0) is 25.8 Å². The normalized spacial score (nSPS) is 21.3. The Morgan fingerprint density at radius 3 is 2.78 bits per heavy atom. The number of benzene rings is 1. The van der Waals surface area contributed by atoms with Crippen LogP contribution in [0, 0.1) is 0 Å². The number of rotatable bonds is 9. The third kappa shape index (κ3) is 6.79. The summed E-state index contributed by atoms with van der Waals surface area (Å²) in [7, 11) is 0. The molecule has 1 aliphatic rings. The van der Waals surface area contributed by atoms with E-state index in [0.717, 1.165) is 5.56 Å². The van der Waals surface area contributed by atoms with Gasteiger partial charge in [0.05, 0.1) is 25.4 Å². The second kappa shape index (κ2) is 8.55. The summed E-state index contributed by atoms with van der Waals surface area (Å²) in [6.45, 7) is 5.03. The van der Waals surface area contributed by atoms with Crippen LogP contribution in [-0.2, 0) is 25.6 Å². The van der Waals surface area contributed by atoms with Gasteiger partial charge in [0.2, 0.25) is 0 Å². The quantitative estimate of drug-likeness (QED) is 0.708. The largest absolute Gasteiger partial charge is 0.393 e. The topological polar surface area (TPSA) is 65.0 Å². The number of aliphatic hydroxyl groups is 1. The highest BCUT2D eigenvalue weighted by Gasteiger charge is 2.33. The number of ketones is 1. The van der Waals surface area contributed by atoms with Gasteiger partial charge in [0, 0.05) is 19.4 Å². The molecule has 0 unspecified atom stereocenters. The van der Waals surface area contributed by atoms with Crippen molar-refractivity contribution in [2.75, 3.05) is 13.2 Å². The fraction of sp³-hybridized carbons (Fsp3) is 0.611. The molecule has 1 N–H and O–H groups in total. The molecule has 5 nitrogen and oxygen atoms in total. The van der Waals surface area contributed by atoms with Crippen molar-refractivity contribution < 1.29 is 24.1 Å². The van der Waals surface area contributed by atoms with Crippen molar-refractivity contribution in [1.82, 2.24) is 0 Å². The van der Waals surface area contributed by atoms with Gasteiger partial charge >= 0.3 is 0 Å². The molecule has 0 aliphatic carbocycles. The predicted molar refractivity (Wildman–Crippen MR) is 85.9 cm³/mol. The van der Waals surface area contributed by atoms with Crippen molar-refractivity contribution in [2.45, 2.75) is 57.7 Å². The monoisotopic (exact) mass is 322 g/mol. The van der Waals surface area contributed by atoms with Crippen molar-refractivity contribution in [3.63, 3.8) is 0 Å². The number of Topliss-reactive ketones (excluding diaryl/α,β-unsaturated/α-hetero) is 1. The van der Waals surface area contributed by atoms with Crippen LogP contribution in [0.1, 0.15) is 38.7 Å². The first-order chi connectivity index (χ1) is 10.9. The van der Waals surface area contributed by atoms with Crippen molar-refractivity contribution in [3.8, 4) is 0 Å². The molecule has 1 aliphatic heterocycles. The molecule has 0 radical (unpaired) electrons. The number of hydrogen-bond acceptors (Lipinski definition) is 5. The Morgan fingerprint density at radius 2 is 2.13 bits per heavy atom. The second-order valence-electron chi connectivity index (χ2n) is 6.38. The van der Waals surface area contributed by atoms with E-state index >= 15 is 0 Å². The molecule has 23 heavy (non-hydrogen) atoms. The molecule has 2 rings (SSSR count). The molecule has 1 aromatic rings. The van der Waals surface area contributed by atoms with E-state index in [9.17, 15) is 9.90 Å². The Hall–Kier alpha value is -1.27. The van der Waals surface area contributed by atoms with E-state index in [1.165, 1.54) is 0 Å². The van der Waals surface area contributed by atoms with Gasteiger partial charge in [-0.2, -0.15) is 0 Å². The highest BCUT2D eigenvalue weighted by Crippen LogP contribution is 2.24. The average molecular weight is 322 g/mol. The summed E-state index contributed by atoms with van der Waals surface area (Å²) in [4.78, 5) is 11.9. The van der Waals surface area contributed by atoms with Crippen LogP contribution in [0.25, 0.3) is 0 Å². The molecule has 1 fully saturated rings. The Bertz CT molecular complexity index is 485. The SMILES string of the molecule is CC1(C)OC[C@H](CC(=O)C[C@@H](O)CCOCc2ccccc2)O1. The highest BCUT2D eigenvalue weighted by atomic mass is 16.7. The summed E-state index contributed by atoms with van der Waals surface area (Å²) in [6, 6.07) is 9.86. The number of aliphatic hydroxyl groups excluding tert-OH is 1.